The Morgan fingerprint density at radius 1 is 1.24 bits per heavy atom. The van der Waals surface area contributed by atoms with E-state index in [0.717, 1.165) is 27.9 Å². The smallest absolute Gasteiger partial charge is 0.323 e. The molecule has 2 aliphatic rings. The normalized spacial score (nSPS) is 19.2. The van der Waals surface area contributed by atoms with Gasteiger partial charge in [-0.2, -0.15) is 0 Å². The zero-order valence-electron chi connectivity index (χ0n) is 15.9. The van der Waals surface area contributed by atoms with Crippen molar-refractivity contribution in [2.24, 2.45) is 0 Å². The standard InChI is InChI=1S/C22H22N2O5/c1-12(25)19(22(27)28)23-9-8-13-6-7-15-14(10-13)11-29-20(15)18-16-4-2-3-5-17(16)24-21(18)26/h2-7,10,12,19,23,25H,8-9,11H2,1H3,(H,24,26)(H,27,28)/t12-,19-/m0/s1. The lowest BCUT2D eigenvalue weighted by molar-refractivity contribution is -0.142. The monoisotopic (exact) mass is 394 g/mol. The fourth-order valence-electron chi connectivity index (χ4n) is 3.76. The topological polar surface area (TPSA) is 108 Å². The Balaban J connectivity index is 1.53. The number of aliphatic hydroxyl groups excluding tert-OH is 1. The van der Waals surface area contributed by atoms with Crippen molar-refractivity contribution in [2.45, 2.75) is 32.1 Å². The zero-order valence-corrected chi connectivity index (χ0v) is 15.9. The van der Waals surface area contributed by atoms with Crippen molar-refractivity contribution in [3.63, 3.8) is 0 Å². The lowest BCUT2D eigenvalue weighted by Crippen LogP contribution is -2.45. The van der Waals surface area contributed by atoms with Crippen LogP contribution in [-0.4, -0.2) is 40.8 Å². The summed E-state index contributed by atoms with van der Waals surface area (Å²) in [6.45, 7) is 2.26. The Kier molecular flexibility index (Phi) is 5.08. The highest BCUT2D eigenvalue weighted by Gasteiger charge is 2.32. The van der Waals surface area contributed by atoms with Gasteiger partial charge in [0.15, 0.2) is 0 Å². The number of para-hydroxylation sites is 1. The maximum Gasteiger partial charge on any atom is 0.323 e. The number of aliphatic carboxylic acids is 1. The van der Waals surface area contributed by atoms with Crippen LogP contribution in [0.25, 0.3) is 11.3 Å². The molecular formula is C22H22N2O5. The molecule has 0 saturated carbocycles. The van der Waals surface area contributed by atoms with Gasteiger partial charge in [-0.3, -0.25) is 9.59 Å². The molecule has 1 amide bonds. The van der Waals surface area contributed by atoms with Crippen molar-refractivity contribution in [2.75, 3.05) is 11.9 Å². The lowest BCUT2D eigenvalue weighted by atomic mass is 9.98. The van der Waals surface area contributed by atoms with Gasteiger partial charge in [-0.1, -0.05) is 36.4 Å². The Hall–Kier alpha value is -3.16. The second-order valence-corrected chi connectivity index (χ2v) is 7.24. The molecule has 0 aromatic heterocycles. The van der Waals surface area contributed by atoms with Crippen LogP contribution in [0.15, 0.2) is 42.5 Å². The highest BCUT2D eigenvalue weighted by Crippen LogP contribution is 2.41. The molecule has 29 heavy (non-hydrogen) atoms. The molecule has 0 bridgehead atoms. The molecule has 4 rings (SSSR count). The Labute approximate surface area is 168 Å². The molecule has 2 heterocycles. The van der Waals surface area contributed by atoms with Gasteiger partial charge in [-0.05, 0) is 25.0 Å². The van der Waals surface area contributed by atoms with Crippen molar-refractivity contribution < 1.29 is 24.5 Å². The van der Waals surface area contributed by atoms with Gasteiger partial charge < -0.3 is 25.6 Å². The van der Waals surface area contributed by atoms with Crippen molar-refractivity contribution in [3.8, 4) is 0 Å². The first-order valence-electron chi connectivity index (χ1n) is 9.50. The van der Waals surface area contributed by atoms with E-state index in [-0.39, 0.29) is 5.91 Å². The third-order valence-electron chi connectivity index (χ3n) is 5.21. The van der Waals surface area contributed by atoms with Gasteiger partial charge in [0.2, 0.25) is 0 Å². The summed E-state index contributed by atoms with van der Waals surface area (Å²) in [6, 6.07) is 12.4. The van der Waals surface area contributed by atoms with Gasteiger partial charge >= 0.3 is 5.97 Å². The van der Waals surface area contributed by atoms with E-state index in [9.17, 15) is 14.7 Å². The molecule has 2 aromatic rings. The van der Waals surface area contributed by atoms with Gasteiger partial charge in [0, 0.05) is 28.9 Å². The van der Waals surface area contributed by atoms with Crippen LogP contribution in [0, 0.1) is 0 Å². The number of aliphatic hydroxyl groups is 1. The molecule has 0 radical (unpaired) electrons. The molecule has 0 unspecified atom stereocenters. The van der Waals surface area contributed by atoms with Gasteiger partial charge in [-0.15, -0.1) is 0 Å². The second-order valence-electron chi connectivity index (χ2n) is 7.24. The van der Waals surface area contributed by atoms with Crippen LogP contribution in [-0.2, 0) is 27.4 Å². The van der Waals surface area contributed by atoms with E-state index in [1.807, 2.05) is 42.5 Å². The Morgan fingerprint density at radius 2 is 2.03 bits per heavy atom. The first-order chi connectivity index (χ1) is 14.0. The molecule has 0 spiro atoms. The van der Waals surface area contributed by atoms with E-state index in [2.05, 4.69) is 10.6 Å². The fourth-order valence-corrected chi connectivity index (χ4v) is 3.76. The van der Waals surface area contributed by atoms with Crippen LogP contribution < -0.4 is 10.6 Å². The molecular weight excluding hydrogens is 372 g/mol. The number of benzene rings is 2. The summed E-state index contributed by atoms with van der Waals surface area (Å²) >= 11 is 0. The summed E-state index contributed by atoms with van der Waals surface area (Å²) in [5.41, 5.74) is 5.09. The molecule has 2 atom stereocenters. The number of fused-ring (bicyclic) bond motifs is 2. The van der Waals surface area contributed by atoms with Crippen LogP contribution in [0.3, 0.4) is 0 Å². The maximum absolute atomic E-state index is 12.5. The number of hydrogen-bond donors (Lipinski definition) is 4. The minimum absolute atomic E-state index is 0.167. The van der Waals surface area contributed by atoms with E-state index < -0.39 is 18.1 Å². The largest absolute Gasteiger partial charge is 0.487 e. The number of amides is 1. The molecule has 7 heteroatoms. The first-order valence-corrected chi connectivity index (χ1v) is 9.50. The van der Waals surface area contributed by atoms with Crippen LogP contribution in [0.4, 0.5) is 5.69 Å². The van der Waals surface area contributed by atoms with Crippen molar-refractivity contribution in [3.05, 3.63) is 64.7 Å². The van der Waals surface area contributed by atoms with Crippen LogP contribution >= 0.6 is 0 Å². The van der Waals surface area contributed by atoms with E-state index in [1.54, 1.807) is 0 Å². The summed E-state index contributed by atoms with van der Waals surface area (Å²) in [7, 11) is 0. The predicted octanol–water partition coefficient (Wildman–Crippen LogP) is 2.00. The number of carboxylic acid groups (broad SMARTS) is 1. The third-order valence-corrected chi connectivity index (χ3v) is 5.21. The maximum atomic E-state index is 12.5. The average molecular weight is 394 g/mol. The number of anilines is 1. The van der Waals surface area contributed by atoms with E-state index >= 15 is 0 Å². The predicted molar refractivity (Wildman–Crippen MR) is 108 cm³/mol. The first kappa shape index (κ1) is 19.2. The van der Waals surface area contributed by atoms with Gasteiger partial charge in [0.1, 0.15) is 18.4 Å². The molecule has 2 aliphatic heterocycles. The van der Waals surface area contributed by atoms with Crippen molar-refractivity contribution in [1.82, 2.24) is 5.32 Å². The summed E-state index contributed by atoms with van der Waals surface area (Å²) in [5.74, 6) is -0.652. The zero-order chi connectivity index (χ0) is 20.5. The second kappa shape index (κ2) is 7.69. The summed E-state index contributed by atoms with van der Waals surface area (Å²) < 4.78 is 5.89. The highest BCUT2D eigenvalue weighted by atomic mass is 16.5. The molecule has 0 saturated heterocycles. The SMILES string of the molecule is C[C@H](O)[C@H](NCCc1ccc2c(c1)COC2=C1C(=O)Nc2ccccc21)C(=O)O. The van der Waals surface area contributed by atoms with Crippen molar-refractivity contribution in [1.29, 1.82) is 0 Å². The molecule has 7 nitrogen and oxygen atoms in total. The fraction of sp³-hybridized carbons (Fsp3) is 0.273. The van der Waals surface area contributed by atoms with Crippen LogP contribution in [0.5, 0.6) is 0 Å². The van der Waals surface area contributed by atoms with E-state index in [1.165, 1.54) is 6.92 Å². The lowest BCUT2D eigenvalue weighted by Gasteiger charge is -2.17. The molecule has 0 fully saturated rings. The number of rotatable bonds is 6. The van der Waals surface area contributed by atoms with Crippen molar-refractivity contribution >= 4 is 28.9 Å². The van der Waals surface area contributed by atoms with E-state index in [0.29, 0.717) is 30.9 Å². The molecule has 150 valence electrons. The number of nitrogens with one attached hydrogen (secondary N) is 2. The van der Waals surface area contributed by atoms with Crippen LogP contribution in [0.1, 0.15) is 29.2 Å². The quantitative estimate of drug-likeness (QED) is 0.558. The molecule has 0 aliphatic carbocycles. The van der Waals surface area contributed by atoms with Gasteiger partial charge in [0.05, 0.1) is 11.7 Å². The average Bonchev–Trinajstić information content (AvgIpc) is 3.23. The minimum atomic E-state index is -1.08. The van der Waals surface area contributed by atoms with Crippen LogP contribution in [0.2, 0.25) is 0 Å². The third kappa shape index (κ3) is 3.62. The van der Waals surface area contributed by atoms with Gasteiger partial charge in [-0.25, -0.2) is 0 Å². The number of carbonyl (C=O) groups excluding carboxylic acids is 1. The number of ether oxygens (including phenoxy) is 1. The summed E-state index contributed by atoms with van der Waals surface area (Å²) in [6.07, 6.45) is -0.366. The Morgan fingerprint density at radius 3 is 2.79 bits per heavy atom. The van der Waals surface area contributed by atoms with Gasteiger partial charge in [0.25, 0.3) is 5.91 Å². The minimum Gasteiger partial charge on any atom is -0.487 e. The number of carbonyl (C=O) groups is 2. The molecule has 4 N–H and O–H groups in total. The summed E-state index contributed by atoms with van der Waals surface area (Å²) in [4.78, 5) is 23.6. The van der Waals surface area contributed by atoms with E-state index in [4.69, 9.17) is 9.84 Å². The summed E-state index contributed by atoms with van der Waals surface area (Å²) in [5, 5.41) is 24.4. The molecule has 2 aromatic carbocycles. The Bertz CT molecular complexity index is 1010. The highest BCUT2D eigenvalue weighted by molar-refractivity contribution is 6.36. The number of carboxylic acids is 1. The number of hydrogen-bond acceptors (Lipinski definition) is 5.